The maximum absolute atomic E-state index is 6.25. The zero-order chi connectivity index (χ0) is 18.9. The topological polar surface area (TPSA) is 27.7 Å². The lowest BCUT2D eigenvalue weighted by molar-refractivity contribution is 0.00578. The number of methoxy groups -OCH3 is 1. The number of fused-ring (bicyclic) bond motifs is 3. The lowest BCUT2D eigenvalue weighted by atomic mass is 9.74. The van der Waals surface area contributed by atoms with E-state index in [1.807, 2.05) is 6.07 Å². The molecule has 1 aliphatic carbocycles. The van der Waals surface area contributed by atoms with Crippen molar-refractivity contribution >= 4 is 12.6 Å². The second kappa shape index (κ2) is 5.37. The molecule has 4 rings (SSSR count). The van der Waals surface area contributed by atoms with Crippen molar-refractivity contribution in [2.45, 2.75) is 58.2 Å². The summed E-state index contributed by atoms with van der Waals surface area (Å²) in [6.45, 7) is 12.9. The van der Waals surface area contributed by atoms with Crippen molar-refractivity contribution in [1.82, 2.24) is 0 Å². The van der Waals surface area contributed by atoms with Gasteiger partial charge in [-0.2, -0.15) is 0 Å². The SMILES string of the molecule is COc1ccc2c(c1)C(C)(C)c1cc(B3OC(C)(C)C(C)(C)O3)ccc1-2. The van der Waals surface area contributed by atoms with Gasteiger partial charge in [0.25, 0.3) is 0 Å². The Hall–Kier alpha value is -1.78. The normalized spacial score (nSPS) is 21.4. The summed E-state index contributed by atoms with van der Waals surface area (Å²) < 4.78 is 17.9. The molecule has 1 saturated heterocycles. The van der Waals surface area contributed by atoms with E-state index in [1.165, 1.54) is 22.3 Å². The van der Waals surface area contributed by atoms with Crippen LogP contribution in [0.3, 0.4) is 0 Å². The first-order chi connectivity index (χ1) is 12.1. The van der Waals surface area contributed by atoms with Crippen LogP contribution in [0.1, 0.15) is 52.7 Å². The molecule has 2 aliphatic rings. The molecular weight excluding hydrogens is 323 g/mol. The van der Waals surface area contributed by atoms with Gasteiger partial charge in [-0.05, 0) is 67.5 Å². The van der Waals surface area contributed by atoms with Gasteiger partial charge in [0.1, 0.15) is 5.75 Å². The molecule has 0 spiro atoms. The Balaban J connectivity index is 1.77. The minimum atomic E-state index is -0.334. The summed E-state index contributed by atoms with van der Waals surface area (Å²) in [4.78, 5) is 0. The zero-order valence-corrected chi connectivity index (χ0v) is 16.8. The summed E-state index contributed by atoms with van der Waals surface area (Å²) in [6.07, 6.45) is 0. The summed E-state index contributed by atoms with van der Waals surface area (Å²) in [5, 5.41) is 0. The molecule has 26 heavy (non-hydrogen) atoms. The number of rotatable bonds is 2. The molecule has 0 radical (unpaired) electrons. The molecule has 4 heteroatoms. The Kier molecular flexibility index (Phi) is 3.64. The molecule has 0 N–H and O–H groups in total. The molecule has 0 bridgehead atoms. The molecule has 0 unspecified atom stereocenters. The average molecular weight is 350 g/mol. The summed E-state index contributed by atoms with van der Waals surface area (Å²) in [5.41, 5.74) is 5.52. The number of hydrogen-bond donors (Lipinski definition) is 0. The van der Waals surface area contributed by atoms with Crippen LogP contribution in [0.5, 0.6) is 5.75 Å². The molecule has 2 aromatic carbocycles. The van der Waals surface area contributed by atoms with Gasteiger partial charge in [0, 0.05) is 5.41 Å². The Bertz CT molecular complexity index is 867. The fourth-order valence-corrected chi connectivity index (χ4v) is 3.99. The summed E-state index contributed by atoms with van der Waals surface area (Å²) in [5.74, 6) is 0.899. The molecule has 136 valence electrons. The molecule has 0 atom stereocenters. The first kappa shape index (κ1) is 17.6. The number of hydrogen-bond acceptors (Lipinski definition) is 3. The van der Waals surface area contributed by atoms with Gasteiger partial charge in [-0.25, -0.2) is 0 Å². The molecule has 0 amide bonds. The van der Waals surface area contributed by atoms with Crippen LogP contribution in [-0.2, 0) is 14.7 Å². The fourth-order valence-electron chi connectivity index (χ4n) is 3.99. The Labute approximate surface area is 156 Å². The van der Waals surface area contributed by atoms with E-state index in [0.29, 0.717) is 0 Å². The Morgan fingerprint density at radius 3 is 1.88 bits per heavy atom. The van der Waals surface area contributed by atoms with E-state index >= 15 is 0 Å². The van der Waals surface area contributed by atoms with Crippen LogP contribution in [0.25, 0.3) is 11.1 Å². The van der Waals surface area contributed by atoms with Gasteiger partial charge >= 0.3 is 7.12 Å². The van der Waals surface area contributed by atoms with Crippen LogP contribution in [0.2, 0.25) is 0 Å². The minimum Gasteiger partial charge on any atom is -0.497 e. The summed E-state index contributed by atoms with van der Waals surface area (Å²) in [6, 6.07) is 12.9. The van der Waals surface area contributed by atoms with Crippen molar-refractivity contribution in [2.75, 3.05) is 7.11 Å². The highest BCUT2D eigenvalue weighted by Crippen LogP contribution is 2.49. The lowest BCUT2D eigenvalue weighted by Gasteiger charge is -2.32. The largest absolute Gasteiger partial charge is 0.497 e. The second-order valence-corrected chi connectivity index (χ2v) is 8.93. The third-order valence-electron chi connectivity index (χ3n) is 6.43. The van der Waals surface area contributed by atoms with Crippen LogP contribution in [-0.4, -0.2) is 25.4 Å². The van der Waals surface area contributed by atoms with Crippen LogP contribution < -0.4 is 10.2 Å². The highest BCUT2D eigenvalue weighted by molar-refractivity contribution is 6.62. The fraction of sp³-hybridized carbons (Fsp3) is 0.455. The van der Waals surface area contributed by atoms with Crippen LogP contribution >= 0.6 is 0 Å². The van der Waals surface area contributed by atoms with Gasteiger partial charge in [0.2, 0.25) is 0 Å². The van der Waals surface area contributed by atoms with Gasteiger partial charge in [0.05, 0.1) is 18.3 Å². The smallest absolute Gasteiger partial charge is 0.494 e. The van der Waals surface area contributed by atoms with Crippen molar-refractivity contribution in [3.05, 3.63) is 47.5 Å². The molecular formula is C22H27BO3. The third-order valence-corrected chi connectivity index (χ3v) is 6.43. The van der Waals surface area contributed by atoms with E-state index < -0.39 is 0 Å². The molecule has 2 aromatic rings. The Morgan fingerprint density at radius 1 is 0.769 bits per heavy atom. The van der Waals surface area contributed by atoms with Crippen LogP contribution in [0.4, 0.5) is 0 Å². The van der Waals surface area contributed by atoms with E-state index in [-0.39, 0.29) is 23.7 Å². The van der Waals surface area contributed by atoms with Crippen molar-refractivity contribution in [2.24, 2.45) is 0 Å². The molecule has 0 aromatic heterocycles. The highest BCUT2D eigenvalue weighted by atomic mass is 16.7. The number of benzene rings is 2. The van der Waals surface area contributed by atoms with Gasteiger partial charge in [-0.1, -0.05) is 38.1 Å². The summed E-state index contributed by atoms with van der Waals surface area (Å²) >= 11 is 0. The van der Waals surface area contributed by atoms with Gasteiger partial charge in [0.15, 0.2) is 0 Å². The van der Waals surface area contributed by atoms with Crippen molar-refractivity contribution in [3.8, 4) is 16.9 Å². The maximum Gasteiger partial charge on any atom is 0.494 e. The second-order valence-electron chi connectivity index (χ2n) is 8.93. The molecule has 1 fully saturated rings. The number of ether oxygens (including phenoxy) is 1. The van der Waals surface area contributed by atoms with E-state index in [4.69, 9.17) is 14.0 Å². The van der Waals surface area contributed by atoms with E-state index in [9.17, 15) is 0 Å². The molecule has 0 saturated carbocycles. The predicted octanol–water partition coefficient (Wildman–Crippen LogP) is 4.30. The average Bonchev–Trinajstić information content (AvgIpc) is 2.94. The maximum atomic E-state index is 6.25. The van der Waals surface area contributed by atoms with Gasteiger partial charge in [-0.15, -0.1) is 0 Å². The quantitative estimate of drug-likeness (QED) is 0.756. The van der Waals surface area contributed by atoms with Crippen LogP contribution in [0, 0.1) is 0 Å². The lowest BCUT2D eigenvalue weighted by Crippen LogP contribution is -2.41. The van der Waals surface area contributed by atoms with Crippen molar-refractivity contribution < 1.29 is 14.0 Å². The highest BCUT2D eigenvalue weighted by Gasteiger charge is 2.52. The molecule has 3 nitrogen and oxygen atoms in total. The van der Waals surface area contributed by atoms with Crippen molar-refractivity contribution in [3.63, 3.8) is 0 Å². The van der Waals surface area contributed by atoms with E-state index in [1.54, 1.807) is 7.11 Å². The monoisotopic (exact) mass is 350 g/mol. The summed E-state index contributed by atoms with van der Waals surface area (Å²) in [7, 11) is 1.38. The predicted molar refractivity (Wildman–Crippen MR) is 106 cm³/mol. The van der Waals surface area contributed by atoms with Gasteiger partial charge < -0.3 is 14.0 Å². The minimum absolute atomic E-state index is 0.0845. The van der Waals surface area contributed by atoms with Crippen molar-refractivity contribution in [1.29, 1.82) is 0 Å². The zero-order valence-electron chi connectivity index (χ0n) is 16.8. The van der Waals surface area contributed by atoms with Gasteiger partial charge in [-0.3, -0.25) is 0 Å². The first-order valence-electron chi connectivity index (χ1n) is 9.26. The van der Waals surface area contributed by atoms with Crippen LogP contribution in [0.15, 0.2) is 36.4 Å². The molecule has 1 aliphatic heterocycles. The standard InChI is InChI=1S/C22H27BO3/c1-20(2)18-12-14(23-25-21(3,4)22(5,6)26-23)8-10-16(18)17-11-9-15(24-7)13-19(17)20/h8-13H,1-7H3. The Morgan fingerprint density at radius 2 is 1.31 bits per heavy atom. The van der Waals surface area contributed by atoms with E-state index in [2.05, 4.69) is 71.9 Å². The van der Waals surface area contributed by atoms with E-state index in [0.717, 1.165) is 11.2 Å². The molecule has 1 heterocycles. The first-order valence-corrected chi connectivity index (χ1v) is 9.26. The third kappa shape index (κ3) is 2.35.